The molecule has 1 aromatic carbocycles. The lowest BCUT2D eigenvalue weighted by atomic mass is 10.2. The zero-order chi connectivity index (χ0) is 11.3. The molecule has 0 unspecified atom stereocenters. The van der Waals surface area contributed by atoms with E-state index >= 15 is 0 Å². The molecule has 0 heterocycles. The molecule has 0 radical (unpaired) electrons. The number of benzene rings is 1. The lowest BCUT2D eigenvalue weighted by Crippen LogP contribution is -2.39. The maximum absolute atomic E-state index is 11.1. The normalized spacial score (nSPS) is 10.7. The Kier molecular flexibility index (Phi) is 4.20. The number of rotatable bonds is 5. The Morgan fingerprint density at radius 3 is 2.40 bits per heavy atom. The summed E-state index contributed by atoms with van der Waals surface area (Å²) in [6.45, 7) is 4.05. The standard InChI is InChI=1S/C10H14N3O2/c1-9(2)12(13(15)11-14)8-10-6-4-3-5-7-10/h3-7,9H,8H2,1-2H3/q-1. The average molecular weight is 208 g/mol. The predicted molar refractivity (Wildman–Crippen MR) is 58.1 cm³/mol. The maximum Gasteiger partial charge on any atom is 0.0579 e. The summed E-state index contributed by atoms with van der Waals surface area (Å²) in [5.41, 5.74) is 0.968. The van der Waals surface area contributed by atoms with Crippen LogP contribution in [0.15, 0.2) is 35.6 Å². The minimum atomic E-state index is -0.0691. The van der Waals surface area contributed by atoms with Crippen molar-refractivity contribution in [1.82, 2.24) is 10.3 Å². The van der Waals surface area contributed by atoms with E-state index in [4.69, 9.17) is 0 Å². The topological polar surface area (TPSA) is 59.0 Å². The fourth-order valence-electron chi connectivity index (χ4n) is 1.26. The van der Waals surface area contributed by atoms with Gasteiger partial charge < -0.3 is 5.21 Å². The van der Waals surface area contributed by atoms with Gasteiger partial charge in [0.05, 0.1) is 5.29 Å². The Labute approximate surface area is 88.8 Å². The zero-order valence-electron chi connectivity index (χ0n) is 8.83. The summed E-state index contributed by atoms with van der Waals surface area (Å²) in [4.78, 5) is 10.2. The fourth-order valence-corrected chi connectivity index (χ4v) is 1.26. The minimum absolute atomic E-state index is 0.0691. The molecule has 5 heteroatoms. The molecule has 0 fully saturated rings. The SMILES string of the molecule is CC(C)N(Cc1ccccc1)N([O-])N=O. The van der Waals surface area contributed by atoms with Crippen LogP contribution in [0.1, 0.15) is 19.4 Å². The molecule has 5 nitrogen and oxygen atoms in total. The Balaban J connectivity index is 2.71. The second-order valence-corrected chi connectivity index (χ2v) is 3.51. The summed E-state index contributed by atoms with van der Waals surface area (Å²) in [5.74, 6) is 0. The molecule has 0 amide bonds. The Morgan fingerprint density at radius 1 is 1.33 bits per heavy atom. The van der Waals surface area contributed by atoms with E-state index in [1.807, 2.05) is 44.2 Å². The van der Waals surface area contributed by atoms with Crippen LogP contribution < -0.4 is 0 Å². The van der Waals surface area contributed by atoms with Crippen LogP contribution in [-0.4, -0.2) is 16.3 Å². The van der Waals surface area contributed by atoms with Gasteiger partial charge in [0, 0.05) is 12.6 Å². The van der Waals surface area contributed by atoms with Crippen LogP contribution in [-0.2, 0) is 6.54 Å². The highest BCUT2D eigenvalue weighted by Crippen LogP contribution is 2.10. The molecule has 0 N–H and O–H groups in total. The molecule has 1 aromatic rings. The first kappa shape index (κ1) is 11.6. The quantitative estimate of drug-likeness (QED) is 0.550. The van der Waals surface area contributed by atoms with Crippen molar-refractivity contribution >= 4 is 0 Å². The molecule has 15 heavy (non-hydrogen) atoms. The first-order valence-corrected chi connectivity index (χ1v) is 4.76. The summed E-state index contributed by atoms with van der Waals surface area (Å²) < 4.78 is 0. The Hall–Kier alpha value is -1.46. The van der Waals surface area contributed by atoms with Gasteiger partial charge in [-0.05, 0) is 19.4 Å². The average Bonchev–Trinajstić information content (AvgIpc) is 2.26. The largest absolute Gasteiger partial charge is 0.724 e. The van der Waals surface area contributed by atoms with E-state index in [-0.39, 0.29) is 11.3 Å². The number of nitrogens with zero attached hydrogens (tertiary/aromatic N) is 3. The van der Waals surface area contributed by atoms with Crippen LogP contribution in [0.5, 0.6) is 0 Å². The van der Waals surface area contributed by atoms with E-state index in [0.717, 1.165) is 5.56 Å². The van der Waals surface area contributed by atoms with Crippen molar-refractivity contribution in [3.05, 3.63) is 46.0 Å². The highest BCUT2D eigenvalue weighted by Gasteiger charge is 2.11. The monoisotopic (exact) mass is 208 g/mol. The van der Waals surface area contributed by atoms with Gasteiger partial charge in [-0.3, -0.25) is 5.28 Å². The van der Waals surface area contributed by atoms with Crippen LogP contribution in [0, 0.1) is 10.1 Å². The molecule has 0 spiro atoms. The van der Waals surface area contributed by atoms with Crippen LogP contribution in [0.4, 0.5) is 0 Å². The van der Waals surface area contributed by atoms with Gasteiger partial charge in [-0.15, -0.1) is 4.91 Å². The van der Waals surface area contributed by atoms with E-state index in [1.54, 1.807) is 0 Å². The maximum atomic E-state index is 11.1. The van der Waals surface area contributed by atoms with E-state index < -0.39 is 0 Å². The van der Waals surface area contributed by atoms with Crippen LogP contribution in [0.25, 0.3) is 0 Å². The molecule has 0 aliphatic rings. The third kappa shape index (κ3) is 3.30. The van der Waals surface area contributed by atoms with Gasteiger partial charge in [0.25, 0.3) is 0 Å². The first-order chi connectivity index (χ1) is 7.15. The van der Waals surface area contributed by atoms with Gasteiger partial charge in [-0.2, -0.15) is 0 Å². The molecule has 82 valence electrons. The molecular formula is C10H14N3O2-. The van der Waals surface area contributed by atoms with Gasteiger partial charge in [-0.25, -0.2) is 5.01 Å². The second kappa shape index (κ2) is 5.43. The van der Waals surface area contributed by atoms with E-state index in [9.17, 15) is 10.1 Å². The van der Waals surface area contributed by atoms with Gasteiger partial charge in [0.15, 0.2) is 0 Å². The summed E-state index contributed by atoms with van der Waals surface area (Å²) >= 11 is 0. The van der Waals surface area contributed by atoms with Crippen LogP contribution in [0.3, 0.4) is 0 Å². The highest BCUT2D eigenvalue weighted by atomic mass is 16.6. The number of hydrazine groups is 1. The fraction of sp³-hybridized carbons (Fsp3) is 0.400. The Bertz CT molecular complexity index is 303. The summed E-state index contributed by atoms with van der Waals surface area (Å²) in [7, 11) is 0. The first-order valence-electron chi connectivity index (χ1n) is 4.76. The van der Waals surface area contributed by atoms with Crippen molar-refractivity contribution in [3.63, 3.8) is 0 Å². The van der Waals surface area contributed by atoms with Crippen LogP contribution >= 0.6 is 0 Å². The predicted octanol–water partition coefficient (Wildman–Crippen LogP) is 2.29. The molecule has 0 aliphatic heterocycles. The highest BCUT2D eigenvalue weighted by molar-refractivity contribution is 5.14. The number of hydrogen-bond acceptors (Lipinski definition) is 4. The van der Waals surface area contributed by atoms with E-state index in [1.165, 1.54) is 5.01 Å². The van der Waals surface area contributed by atoms with Gasteiger partial charge in [-0.1, -0.05) is 30.3 Å². The third-order valence-corrected chi connectivity index (χ3v) is 2.07. The van der Waals surface area contributed by atoms with E-state index in [2.05, 4.69) is 5.29 Å². The summed E-state index contributed by atoms with van der Waals surface area (Å²) in [6.07, 6.45) is 0. The third-order valence-electron chi connectivity index (χ3n) is 2.07. The summed E-state index contributed by atoms with van der Waals surface area (Å²) in [5, 5.41) is 14.9. The molecule has 0 aliphatic carbocycles. The van der Waals surface area contributed by atoms with Gasteiger partial charge in [0.1, 0.15) is 0 Å². The van der Waals surface area contributed by atoms with Crippen molar-refractivity contribution in [1.29, 1.82) is 0 Å². The number of hydrogen-bond donors (Lipinski definition) is 0. The van der Waals surface area contributed by atoms with Crippen molar-refractivity contribution in [2.24, 2.45) is 5.29 Å². The summed E-state index contributed by atoms with van der Waals surface area (Å²) in [6, 6.07) is 9.40. The van der Waals surface area contributed by atoms with Crippen molar-refractivity contribution in [2.45, 2.75) is 26.4 Å². The van der Waals surface area contributed by atoms with Crippen molar-refractivity contribution in [2.75, 3.05) is 0 Å². The van der Waals surface area contributed by atoms with E-state index in [0.29, 0.717) is 6.54 Å². The molecule has 0 saturated heterocycles. The van der Waals surface area contributed by atoms with Crippen molar-refractivity contribution < 1.29 is 0 Å². The molecule has 0 aromatic heterocycles. The number of nitroso groups, excluding NO2 is 1. The molecule has 0 bridgehead atoms. The van der Waals surface area contributed by atoms with Crippen molar-refractivity contribution in [3.8, 4) is 0 Å². The second-order valence-electron chi connectivity index (χ2n) is 3.51. The molecule has 0 atom stereocenters. The molecular weight excluding hydrogens is 194 g/mol. The lowest BCUT2D eigenvalue weighted by molar-refractivity contribution is -0.0169. The lowest BCUT2D eigenvalue weighted by Gasteiger charge is -2.37. The molecule has 0 saturated carbocycles. The van der Waals surface area contributed by atoms with Gasteiger partial charge >= 0.3 is 0 Å². The van der Waals surface area contributed by atoms with Crippen LogP contribution in [0.2, 0.25) is 0 Å². The minimum Gasteiger partial charge on any atom is -0.724 e. The zero-order valence-corrected chi connectivity index (χ0v) is 8.83. The van der Waals surface area contributed by atoms with Gasteiger partial charge in [0.2, 0.25) is 0 Å². The Morgan fingerprint density at radius 2 is 1.93 bits per heavy atom. The smallest absolute Gasteiger partial charge is 0.0579 e. The molecule has 1 rings (SSSR count).